The smallest absolute Gasteiger partial charge is 0.508 e. The predicted molar refractivity (Wildman–Crippen MR) is 395 cm³/mol. The number of nitrogens with one attached hydrogen (secondary N) is 14. The van der Waals surface area contributed by atoms with Crippen LogP contribution in [-0.4, -0.2) is 233 Å². The second kappa shape index (κ2) is 47.3. The molecule has 43 nitrogen and oxygen atoms in total. The highest BCUT2D eigenvalue weighted by Gasteiger charge is 2.39. The molecular formula is C68H101N18O25P. The summed E-state index contributed by atoms with van der Waals surface area (Å²) in [5.74, 6) is -21.4. The van der Waals surface area contributed by atoms with Crippen molar-refractivity contribution in [1.82, 2.24) is 63.8 Å². The SMILES string of the molecule is CC[C@H](C)[C@H](NC(=O)[C@H](CC(=O)O)NC(=O)[C@H](CCCNC(=N)N)NC(=O)[C@@H](N)[C@@H](C)O)C(=O)N[C@@H](Cc1ccc(O)cc1)C(=O)N[C@@H](CCC(=O)O)C(=O)N[C@@H](CC(=O)O)C(=O)N[C@@H](Cc1ccc(OP(=O)(O)O)cc1)C(=O)N[C@@H](Cc1ccc(O)cc1)C(=O)N[C@@H](CCCNC(=N)N)C(=O)N[C@@H](CCCCN)C(=O)O. The number of phenols is 2. The highest BCUT2D eigenvalue weighted by Crippen LogP contribution is 2.37. The highest BCUT2D eigenvalue weighted by atomic mass is 31.2. The zero-order valence-corrected chi connectivity index (χ0v) is 62.4. The molecular weight excluding hydrogens is 1500 g/mol. The number of benzene rings is 3. The number of unbranched alkanes of at least 4 members (excludes halogenated alkanes) is 1. The van der Waals surface area contributed by atoms with Crippen molar-refractivity contribution in [3.8, 4) is 17.2 Å². The molecule has 3 aromatic rings. The molecule has 0 fully saturated rings. The molecule has 0 aliphatic carbocycles. The number of phenolic OH excluding ortho intramolecular Hbond substituents is 2. The number of hydrogen-bond acceptors (Lipinski definition) is 23. The lowest BCUT2D eigenvalue weighted by Crippen LogP contribution is -2.62. The maximum Gasteiger partial charge on any atom is 0.524 e. The number of nitrogens with two attached hydrogens (primary N) is 4. The topological polar surface area (TPSA) is 743 Å². The number of carbonyl (C=O) groups is 14. The molecule has 3 rings (SSSR count). The van der Waals surface area contributed by atoms with Gasteiger partial charge in [0, 0.05) is 38.8 Å². The Morgan fingerprint density at radius 1 is 0.446 bits per heavy atom. The molecule has 0 bridgehead atoms. The first kappa shape index (κ1) is 94.4. The molecule has 0 aromatic heterocycles. The summed E-state index contributed by atoms with van der Waals surface area (Å²) < 4.78 is 16.4. The third-order valence-corrected chi connectivity index (χ3v) is 17.4. The van der Waals surface area contributed by atoms with Gasteiger partial charge >= 0.3 is 31.7 Å². The molecule has 13 atom stereocenters. The van der Waals surface area contributed by atoms with Crippen LogP contribution in [-0.2, 0) is 91.0 Å². The minimum atomic E-state index is -5.15. The van der Waals surface area contributed by atoms with E-state index in [2.05, 4.69) is 68.3 Å². The predicted octanol–water partition coefficient (Wildman–Crippen LogP) is -5.25. The van der Waals surface area contributed by atoms with E-state index in [9.17, 15) is 117 Å². The molecule has 0 saturated carbocycles. The lowest BCUT2D eigenvalue weighted by Gasteiger charge is -2.29. The monoisotopic (exact) mass is 1600 g/mol. The van der Waals surface area contributed by atoms with E-state index in [0.717, 1.165) is 12.1 Å². The van der Waals surface area contributed by atoms with Gasteiger partial charge in [-0.1, -0.05) is 56.7 Å². The molecule has 0 aliphatic rings. The Balaban J connectivity index is 2.15. The summed E-state index contributed by atoms with van der Waals surface area (Å²) in [5.41, 5.74) is 22.7. The van der Waals surface area contributed by atoms with E-state index in [1.165, 1.54) is 74.5 Å². The van der Waals surface area contributed by atoms with E-state index in [4.69, 9.17) is 33.8 Å². The highest BCUT2D eigenvalue weighted by molar-refractivity contribution is 7.46. The molecule has 0 radical (unpaired) electrons. The van der Waals surface area contributed by atoms with Crippen molar-refractivity contribution in [2.75, 3.05) is 19.6 Å². The second-order valence-corrected chi connectivity index (χ2v) is 27.2. The number of carboxylic acids is 4. The van der Waals surface area contributed by atoms with Crippen molar-refractivity contribution in [3.05, 3.63) is 89.5 Å². The lowest BCUT2D eigenvalue weighted by molar-refractivity contribution is -0.143. The average molecular weight is 1600 g/mol. The Hall–Kier alpha value is -11.8. The Bertz CT molecular complexity index is 3800. The Kier molecular flexibility index (Phi) is 39.9. The zero-order valence-electron chi connectivity index (χ0n) is 61.5. The number of phosphoric acid groups is 1. The first-order valence-electron chi connectivity index (χ1n) is 35.2. The molecule has 0 unspecified atom stereocenters. The van der Waals surface area contributed by atoms with Gasteiger partial charge in [-0.15, -0.1) is 0 Å². The van der Waals surface area contributed by atoms with Crippen LogP contribution in [0.15, 0.2) is 72.8 Å². The Labute approximate surface area is 641 Å². The molecule has 0 spiro atoms. The maximum atomic E-state index is 15.0. The van der Waals surface area contributed by atoms with E-state index in [1.54, 1.807) is 6.92 Å². The largest absolute Gasteiger partial charge is 0.524 e. The fraction of sp³-hybridized carbons (Fsp3) is 0.500. The minimum Gasteiger partial charge on any atom is -0.508 e. The summed E-state index contributed by atoms with van der Waals surface area (Å²) in [5, 5.41) is 114. The number of amides is 10. The van der Waals surface area contributed by atoms with Crippen LogP contribution in [0.1, 0.15) is 115 Å². The maximum absolute atomic E-state index is 15.0. The minimum absolute atomic E-state index is 0.00819. The number of guanidine groups is 2. The Morgan fingerprint density at radius 3 is 1.13 bits per heavy atom. The van der Waals surface area contributed by atoms with Gasteiger partial charge in [0.25, 0.3) is 0 Å². The van der Waals surface area contributed by atoms with Crippen molar-refractivity contribution in [3.63, 3.8) is 0 Å². The van der Waals surface area contributed by atoms with Gasteiger partial charge in [0.1, 0.15) is 83.7 Å². The van der Waals surface area contributed by atoms with E-state index < -0.39 is 232 Å². The van der Waals surface area contributed by atoms with Crippen LogP contribution >= 0.6 is 7.82 Å². The van der Waals surface area contributed by atoms with Crippen LogP contribution in [0.2, 0.25) is 0 Å². The first-order valence-corrected chi connectivity index (χ1v) is 36.7. The van der Waals surface area contributed by atoms with Gasteiger partial charge in [0.05, 0.1) is 18.9 Å². The summed E-state index contributed by atoms with van der Waals surface area (Å²) in [6.45, 7) is 4.38. The summed E-state index contributed by atoms with van der Waals surface area (Å²) >= 11 is 0. The number of aliphatic carboxylic acids is 4. The Morgan fingerprint density at radius 2 is 0.777 bits per heavy atom. The number of aromatic hydroxyl groups is 2. The summed E-state index contributed by atoms with van der Waals surface area (Å²) in [7, 11) is -5.15. The van der Waals surface area contributed by atoms with E-state index in [-0.39, 0.29) is 92.8 Å². The summed E-state index contributed by atoms with van der Waals surface area (Å²) in [4.78, 5) is 212. The zero-order chi connectivity index (χ0) is 84.1. The van der Waals surface area contributed by atoms with Crippen molar-refractivity contribution in [2.45, 2.75) is 190 Å². The third-order valence-electron chi connectivity index (χ3n) is 17.0. The standard InChI is InChI=1S/C68H101N18O25P/c1-4-34(2)55(86-63(103)50(33-53(94)95)84-57(97)43(11-8-28-76-68(73)74)79-64(104)54(70)35(3)87)65(105)85-48(30-37-14-20-40(89)21-15-37)60(100)78-44(24-25-51(90)91)58(98)83-49(32-52(92)93)62(102)82-47(31-38-16-22-41(23-17-38)111-112(108,109)110)61(101)81-46(29-36-12-18-39(88)19-13-36)59(99)77-42(10-7-27-75-67(71)72)56(96)80-45(66(106)107)9-5-6-26-69/h12-23,34-35,42-50,54-55,87-89H,4-11,24-33,69-70H2,1-3H3,(H,77,99)(H,78,100)(H,79,104)(H,80,96)(H,81,101)(H,82,102)(H,83,98)(H,84,97)(H,85,105)(H,86,103)(H,90,91)(H,92,93)(H,94,95)(H,106,107)(H4,71,72,75)(H4,73,74,76)(H2,108,109,110)/t34-,35+,42-,43-,44-,45-,46-,47-,48-,49-,50-,54-,55-/m0/s1. The average Bonchev–Trinajstić information content (AvgIpc) is 0.842. The van der Waals surface area contributed by atoms with Gasteiger partial charge in [-0.05, 0) is 124 Å². The van der Waals surface area contributed by atoms with Gasteiger partial charge in [0.15, 0.2) is 11.9 Å². The number of phosphoric ester groups is 1. The van der Waals surface area contributed by atoms with Gasteiger partial charge in [0.2, 0.25) is 59.1 Å². The van der Waals surface area contributed by atoms with Crippen LogP contribution in [0.25, 0.3) is 0 Å². The summed E-state index contributed by atoms with van der Waals surface area (Å²) in [6, 6.07) is -5.26. The number of carbonyl (C=O) groups excluding carboxylic acids is 10. The summed E-state index contributed by atoms with van der Waals surface area (Å²) in [6.07, 6.45) is -7.05. The van der Waals surface area contributed by atoms with Gasteiger partial charge in [-0.25, -0.2) is 9.36 Å². The lowest BCUT2D eigenvalue weighted by atomic mass is 9.96. The van der Waals surface area contributed by atoms with Gasteiger partial charge in [-0.2, -0.15) is 0 Å². The van der Waals surface area contributed by atoms with Crippen molar-refractivity contribution >= 4 is 103 Å². The van der Waals surface area contributed by atoms with E-state index >= 15 is 0 Å². The van der Waals surface area contributed by atoms with Gasteiger partial charge in [-0.3, -0.25) is 82.9 Å². The van der Waals surface area contributed by atoms with Gasteiger partial charge < -0.3 is 127 Å². The van der Waals surface area contributed by atoms with Crippen molar-refractivity contribution < 1.29 is 122 Å². The van der Waals surface area contributed by atoms with Crippen LogP contribution < -0.4 is 91.3 Å². The number of carboxylic acid groups (broad SMARTS) is 4. The normalized spacial score (nSPS) is 14.6. The molecule has 3 aromatic carbocycles. The van der Waals surface area contributed by atoms with E-state index in [1.807, 2.05) is 0 Å². The quantitative estimate of drug-likeness (QED) is 0.0109. The fourth-order valence-electron chi connectivity index (χ4n) is 10.7. The number of aliphatic hydroxyl groups excluding tert-OH is 1. The van der Waals surface area contributed by atoms with Crippen LogP contribution in [0, 0.1) is 16.7 Å². The number of aliphatic hydroxyl groups is 1. The molecule has 0 saturated heterocycles. The molecule has 10 amide bonds. The number of rotatable bonds is 51. The number of hydrogen-bond donors (Lipinski definition) is 27. The molecule has 31 N–H and O–H groups in total. The first-order chi connectivity index (χ1) is 52.6. The molecule has 618 valence electrons. The second-order valence-electron chi connectivity index (χ2n) is 26.1. The van der Waals surface area contributed by atoms with Crippen molar-refractivity contribution in [2.24, 2.45) is 28.9 Å². The van der Waals surface area contributed by atoms with Crippen molar-refractivity contribution in [1.29, 1.82) is 10.8 Å². The molecule has 44 heteroatoms. The van der Waals surface area contributed by atoms with Crippen LogP contribution in [0.4, 0.5) is 0 Å². The van der Waals surface area contributed by atoms with Crippen LogP contribution in [0.3, 0.4) is 0 Å². The van der Waals surface area contributed by atoms with Crippen LogP contribution in [0.5, 0.6) is 17.2 Å². The van der Waals surface area contributed by atoms with E-state index in [0.29, 0.717) is 6.42 Å². The molecule has 112 heavy (non-hydrogen) atoms. The molecule has 0 aliphatic heterocycles. The fourth-order valence-corrected chi connectivity index (χ4v) is 11.1. The molecule has 0 heterocycles. The third kappa shape index (κ3) is 35.7.